The van der Waals surface area contributed by atoms with Gasteiger partial charge in [0.1, 0.15) is 0 Å². The van der Waals surface area contributed by atoms with Gasteiger partial charge in [-0.1, -0.05) is 29.8 Å². The number of amides is 2. The Bertz CT molecular complexity index is 1090. The number of nitrogens with zero attached hydrogens (tertiary/aromatic N) is 1. The summed E-state index contributed by atoms with van der Waals surface area (Å²) in [6.07, 6.45) is -0.803. The lowest BCUT2D eigenvalue weighted by molar-refractivity contribution is -0.137. The normalized spacial score (nSPS) is 24.9. The van der Waals surface area contributed by atoms with E-state index in [0.717, 1.165) is 49.6 Å². The van der Waals surface area contributed by atoms with Crippen LogP contribution >= 0.6 is 11.6 Å². The average Bonchev–Trinajstić information content (AvgIpc) is 3.31. The van der Waals surface area contributed by atoms with Gasteiger partial charge in [-0.15, -0.1) is 0 Å². The standard InChI is InChI=1S/C26H29ClF3N3O3/c27-20-6-4-18(5-7-20)25(36)11-8-22(9-12-25)33-13-10-21(16-33)32-23(34)15-31-24(35)17-2-1-3-19(14-17)26(28,29)30/h1-7,14,21-22,36H,8-13,15-16H2,(H,31,35)(H,32,34)/t21-,22?,25?/m1/s1. The number of nitrogens with one attached hydrogen (secondary N) is 2. The molecule has 0 spiro atoms. The Balaban J connectivity index is 1.21. The van der Waals surface area contributed by atoms with Crippen LogP contribution in [0, 0.1) is 0 Å². The summed E-state index contributed by atoms with van der Waals surface area (Å²) >= 11 is 5.96. The molecule has 2 fully saturated rings. The molecule has 1 saturated carbocycles. The van der Waals surface area contributed by atoms with Crippen molar-refractivity contribution < 1.29 is 27.9 Å². The second-order valence-corrected chi connectivity index (χ2v) is 10.0. The zero-order valence-corrected chi connectivity index (χ0v) is 20.4. The fraction of sp³-hybridized carbons (Fsp3) is 0.462. The molecular formula is C26H29ClF3N3O3. The molecule has 2 amide bonds. The fourth-order valence-electron chi connectivity index (χ4n) is 5.11. The Labute approximate surface area is 212 Å². The molecule has 0 radical (unpaired) electrons. The molecular weight excluding hydrogens is 495 g/mol. The second-order valence-electron chi connectivity index (χ2n) is 9.58. The molecule has 6 nitrogen and oxygen atoms in total. The van der Waals surface area contributed by atoms with Crippen LogP contribution < -0.4 is 10.6 Å². The van der Waals surface area contributed by atoms with E-state index in [1.165, 1.54) is 6.07 Å². The topological polar surface area (TPSA) is 81.7 Å². The van der Waals surface area contributed by atoms with Crippen LogP contribution in [0.5, 0.6) is 0 Å². The summed E-state index contributed by atoms with van der Waals surface area (Å²) in [6, 6.07) is 11.7. The molecule has 1 aliphatic carbocycles. The predicted octanol–water partition coefficient (Wildman–Crippen LogP) is 4.11. The molecule has 4 rings (SSSR count). The highest BCUT2D eigenvalue weighted by molar-refractivity contribution is 6.30. The summed E-state index contributed by atoms with van der Waals surface area (Å²) in [6.45, 7) is 1.19. The van der Waals surface area contributed by atoms with Gasteiger partial charge in [0.25, 0.3) is 5.91 Å². The van der Waals surface area contributed by atoms with Gasteiger partial charge in [0.15, 0.2) is 0 Å². The molecule has 1 heterocycles. The largest absolute Gasteiger partial charge is 0.416 e. The highest BCUT2D eigenvalue weighted by Gasteiger charge is 2.38. The summed E-state index contributed by atoms with van der Waals surface area (Å²) in [5, 5.41) is 17.0. The van der Waals surface area contributed by atoms with E-state index in [-0.39, 0.29) is 24.1 Å². The van der Waals surface area contributed by atoms with Crippen LogP contribution in [0.2, 0.25) is 5.02 Å². The maximum absolute atomic E-state index is 12.9. The Morgan fingerprint density at radius 3 is 2.44 bits per heavy atom. The number of carbonyl (C=O) groups is 2. The van der Waals surface area contributed by atoms with Gasteiger partial charge in [0.05, 0.1) is 17.7 Å². The van der Waals surface area contributed by atoms with Crippen molar-refractivity contribution in [2.45, 2.75) is 56.0 Å². The van der Waals surface area contributed by atoms with E-state index in [4.69, 9.17) is 11.6 Å². The van der Waals surface area contributed by atoms with Crippen molar-refractivity contribution in [3.05, 3.63) is 70.2 Å². The molecule has 10 heteroatoms. The maximum Gasteiger partial charge on any atom is 0.416 e. The molecule has 2 aromatic rings. The van der Waals surface area contributed by atoms with Gasteiger partial charge >= 0.3 is 6.18 Å². The number of hydrogen-bond donors (Lipinski definition) is 3. The minimum atomic E-state index is -4.55. The highest BCUT2D eigenvalue weighted by Crippen LogP contribution is 2.39. The van der Waals surface area contributed by atoms with E-state index in [1.807, 2.05) is 12.1 Å². The van der Waals surface area contributed by atoms with Gasteiger partial charge < -0.3 is 15.7 Å². The average molecular weight is 524 g/mol. The van der Waals surface area contributed by atoms with E-state index < -0.39 is 23.2 Å². The zero-order valence-electron chi connectivity index (χ0n) is 19.7. The van der Waals surface area contributed by atoms with Crippen molar-refractivity contribution in [2.24, 2.45) is 0 Å². The number of halogens is 4. The van der Waals surface area contributed by atoms with Crippen LogP contribution in [0.4, 0.5) is 13.2 Å². The smallest absolute Gasteiger partial charge is 0.385 e. The molecule has 0 aromatic heterocycles. The second kappa shape index (κ2) is 10.8. The first-order chi connectivity index (χ1) is 17.0. The van der Waals surface area contributed by atoms with Gasteiger partial charge in [-0.2, -0.15) is 13.2 Å². The quantitative estimate of drug-likeness (QED) is 0.532. The Kier molecular flexibility index (Phi) is 7.92. The van der Waals surface area contributed by atoms with E-state index in [2.05, 4.69) is 15.5 Å². The summed E-state index contributed by atoms with van der Waals surface area (Å²) in [7, 11) is 0. The third-order valence-electron chi connectivity index (χ3n) is 7.13. The predicted molar refractivity (Wildman–Crippen MR) is 130 cm³/mol. The summed E-state index contributed by atoms with van der Waals surface area (Å²) in [5.41, 5.74) is -1.05. The zero-order chi connectivity index (χ0) is 25.9. The van der Waals surface area contributed by atoms with Crippen molar-refractivity contribution in [3.63, 3.8) is 0 Å². The lowest BCUT2D eigenvalue weighted by Crippen LogP contribution is -2.45. The van der Waals surface area contributed by atoms with Crippen molar-refractivity contribution >= 4 is 23.4 Å². The third-order valence-corrected chi connectivity index (χ3v) is 7.38. The minimum Gasteiger partial charge on any atom is -0.385 e. The van der Waals surface area contributed by atoms with Gasteiger partial charge in [-0.25, -0.2) is 0 Å². The number of alkyl halides is 3. The van der Waals surface area contributed by atoms with Crippen molar-refractivity contribution in [2.75, 3.05) is 19.6 Å². The molecule has 0 unspecified atom stereocenters. The van der Waals surface area contributed by atoms with Crippen LogP contribution in [0.1, 0.15) is 53.6 Å². The van der Waals surface area contributed by atoms with E-state index in [1.54, 1.807) is 12.1 Å². The third kappa shape index (κ3) is 6.38. The molecule has 0 bridgehead atoms. The molecule has 2 aromatic carbocycles. The van der Waals surface area contributed by atoms with Gasteiger partial charge in [0, 0.05) is 35.8 Å². The maximum atomic E-state index is 12.9. The van der Waals surface area contributed by atoms with E-state index in [9.17, 15) is 27.9 Å². The van der Waals surface area contributed by atoms with Crippen molar-refractivity contribution in [3.8, 4) is 0 Å². The van der Waals surface area contributed by atoms with Crippen LogP contribution in [0.25, 0.3) is 0 Å². The first kappa shape index (κ1) is 26.4. The number of carbonyl (C=O) groups excluding carboxylic acids is 2. The number of hydrogen-bond acceptors (Lipinski definition) is 4. The van der Waals surface area contributed by atoms with Crippen LogP contribution in [-0.4, -0.2) is 53.5 Å². The SMILES string of the molecule is O=C(CNC(=O)c1cccc(C(F)(F)F)c1)N[C@@H]1CCN(C2CCC(O)(c3ccc(Cl)cc3)CC2)C1. The van der Waals surface area contributed by atoms with Gasteiger partial charge in [-0.05, 0) is 68.0 Å². The highest BCUT2D eigenvalue weighted by atomic mass is 35.5. The minimum absolute atomic E-state index is 0.0694. The fourth-order valence-corrected chi connectivity index (χ4v) is 5.23. The Hall–Kier alpha value is -2.62. The molecule has 3 N–H and O–H groups in total. The number of aliphatic hydroxyl groups is 1. The Morgan fingerprint density at radius 1 is 1.08 bits per heavy atom. The van der Waals surface area contributed by atoms with Gasteiger partial charge in [-0.3, -0.25) is 14.5 Å². The van der Waals surface area contributed by atoms with E-state index >= 15 is 0 Å². The van der Waals surface area contributed by atoms with Crippen molar-refractivity contribution in [1.82, 2.24) is 15.5 Å². The molecule has 36 heavy (non-hydrogen) atoms. The lowest BCUT2D eigenvalue weighted by Gasteiger charge is -2.40. The van der Waals surface area contributed by atoms with Crippen LogP contribution in [0.3, 0.4) is 0 Å². The van der Waals surface area contributed by atoms with Crippen LogP contribution in [-0.2, 0) is 16.6 Å². The monoisotopic (exact) mass is 523 g/mol. The number of rotatable bonds is 6. The number of benzene rings is 2. The van der Waals surface area contributed by atoms with E-state index in [0.29, 0.717) is 30.5 Å². The number of likely N-dealkylation sites (tertiary alicyclic amines) is 1. The molecule has 1 atom stereocenters. The summed E-state index contributed by atoms with van der Waals surface area (Å²) in [4.78, 5) is 26.9. The lowest BCUT2D eigenvalue weighted by atomic mass is 9.77. The molecule has 2 aliphatic rings. The molecule has 1 aliphatic heterocycles. The van der Waals surface area contributed by atoms with Crippen molar-refractivity contribution in [1.29, 1.82) is 0 Å². The summed E-state index contributed by atoms with van der Waals surface area (Å²) < 4.78 is 38.6. The first-order valence-electron chi connectivity index (χ1n) is 12.0. The molecule has 194 valence electrons. The Morgan fingerprint density at radius 2 is 1.78 bits per heavy atom. The first-order valence-corrected chi connectivity index (χ1v) is 12.4. The summed E-state index contributed by atoms with van der Waals surface area (Å²) in [5.74, 6) is -1.12. The molecule has 1 saturated heterocycles. The van der Waals surface area contributed by atoms with Crippen LogP contribution in [0.15, 0.2) is 48.5 Å². The van der Waals surface area contributed by atoms with Gasteiger partial charge in [0.2, 0.25) is 5.91 Å².